The van der Waals surface area contributed by atoms with Gasteiger partial charge in [0.1, 0.15) is 5.75 Å². The van der Waals surface area contributed by atoms with Crippen LogP contribution in [0, 0.1) is 5.92 Å². The molecular weight excluding hydrogens is 334 g/mol. The van der Waals surface area contributed by atoms with Crippen LogP contribution in [0.1, 0.15) is 45.2 Å². The second-order valence-electron chi connectivity index (χ2n) is 6.57. The molecule has 1 amide bonds. The number of hydrogen-bond acceptors (Lipinski definition) is 2. The molecular formula is C21H26ClNO2. The Bertz CT molecular complexity index is 655. The summed E-state index contributed by atoms with van der Waals surface area (Å²) in [5.41, 5.74) is 1.12. The molecule has 2 rings (SSSR count). The summed E-state index contributed by atoms with van der Waals surface area (Å²) in [5.74, 6) is 1.03. The van der Waals surface area contributed by atoms with E-state index in [0.29, 0.717) is 23.1 Å². The Balaban J connectivity index is 2.08. The maximum atomic E-state index is 12.7. The number of carbonyl (C=O) groups is 1. The molecule has 134 valence electrons. The number of nitrogens with one attached hydrogen (secondary N) is 1. The quantitative estimate of drug-likeness (QED) is 0.685. The van der Waals surface area contributed by atoms with Crippen LogP contribution < -0.4 is 10.1 Å². The predicted molar refractivity (Wildman–Crippen MR) is 103 cm³/mol. The first-order chi connectivity index (χ1) is 12.0. The number of carbonyl (C=O) groups excluding carboxylic acids is 1. The van der Waals surface area contributed by atoms with Crippen molar-refractivity contribution in [3.8, 4) is 5.75 Å². The van der Waals surface area contributed by atoms with Gasteiger partial charge in [-0.2, -0.15) is 0 Å². The van der Waals surface area contributed by atoms with E-state index in [4.69, 9.17) is 16.3 Å². The summed E-state index contributed by atoms with van der Waals surface area (Å²) in [6, 6.07) is 17.1. The van der Waals surface area contributed by atoms with Crippen LogP contribution in [0.4, 0.5) is 0 Å². The van der Waals surface area contributed by atoms with Gasteiger partial charge in [-0.05, 0) is 48.6 Å². The van der Waals surface area contributed by atoms with Gasteiger partial charge in [-0.3, -0.25) is 4.79 Å². The van der Waals surface area contributed by atoms with Crippen molar-refractivity contribution in [2.24, 2.45) is 5.92 Å². The molecule has 25 heavy (non-hydrogen) atoms. The number of benzene rings is 2. The third kappa shape index (κ3) is 6.09. The highest BCUT2D eigenvalue weighted by Gasteiger charge is 2.23. The minimum absolute atomic E-state index is 0.0171. The lowest BCUT2D eigenvalue weighted by atomic mass is 9.96. The molecule has 0 radical (unpaired) electrons. The maximum Gasteiger partial charge on any atom is 0.261 e. The lowest BCUT2D eigenvalue weighted by molar-refractivity contribution is -0.129. The molecule has 0 aliphatic carbocycles. The summed E-state index contributed by atoms with van der Waals surface area (Å²) in [4.78, 5) is 12.7. The zero-order valence-electron chi connectivity index (χ0n) is 15.0. The molecule has 4 heteroatoms. The van der Waals surface area contributed by atoms with Crippen molar-refractivity contribution in [1.29, 1.82) is 0 Å². The lowest BCUT2D eigenvalue weighted by Crippen LogP contribution is -2.40. The summed E-state index contributed by atoms with van der Waals surface area (Å²) >= 11 is 5.89. The fourth-order valence-corrected chi connectivity index (χ4v) is 2.83. The van der Waals surface area contributed by atoms with Crippen molar-refractivity contribution in [3.05, 3.63) is 65.2 Å². The topological polar surface area (TPSA) is 38.3 Å². The fourth-order valence-electron chi connectivity index (χ4n) is 2.70. The Hall–Kier alpha value is -2.00. The monoisotopic (exact) mass is 359 g/mol. The summed E-state index contributed by atoms with van der Waals surface area (Å²) in [6.45, 7) is 6.26. The zero-order chi connectivity index (χ0) is 18.2. The van der Waals surface area contributed by atoms with E-state index in [1.165, 1.54) is 0 Å². The molecule has 0 aliphatic rings. The van der Waals surface area contributed by atoms with Crippen molar-refractivity contribution < 1.29 is 9.53 Å². The molecule has 0 unspecified atom stereocenters. The Morgan fingerprint density at radius 2 is 1.72 bits per heavy atom. The molecule has 0 aromatic heterocycles. The fraction of sp³-hybridized carbons (Fsp3) is 0.381. The normalized spacial score (nSPS) is 13.3. The van der Waals surface area contributed by atoms with Gasteiger partial charge < -0.3 is 10.1 Å². The number of hydrogen-bond donors (Lipinski definition) is 1. The highest BCUT2D eigenvalue weighted by Crippen LogP contribution is 2.22. The summed E-state index contributed by atoms with van der Waals surface area (Å²) in [5, 5.41) is 3.80. The first-order valence-corrected chi connectivity index (χ1v) is 9.15. The number of halogens is 1. The van der Waals surface area contributed by atoms with Crippen molar-refractivity contribution >= 4 is 17.5 Å². The molecule has 3 nitrogen and oxygen atoms in total. The minimum atomic E-state index is -0.528. The number of ether oxygens (including phenoxy) is 1. The van der Waals surface area contributed by atoms with Crippen molar-refractivity contribution in [1.82, 2.24) is 5.32 Å². The standard InChI is InChI=1S/C21H26ClNO2/c1-4-20(25-18-12-10-17(22)11-13-18)21(24)23-19(14-15(2)3)16-8-6-5-7-9-16/h5-13,15,19-20H,4,14H2,1-3H3,(H,23,24)/t19-,20+/m0/s1. The maximum absolute atomic E-state index is 12.7. The first kappa shape index (κ1) is 19.3. The van der Waals surface area contributed by atoms with E-state index < -0.39 is 6.10 Å². The van der Waals surface area contributed by atoms with Gasteiger partial charge in [-0.25, -0.2) is 0 Å². The Morgan fingerprint density at radius 1 is 1.08 bits per heavy atom. The van der Waals surface area contributed by atoms with Gasteiger partial charge in [0, 0.05) is 5.02 Å². The molecule has 2 atom stereocenters. The van der Waals surface area contributed by atoms with Gasteiger partial charge in [-0.15, -0.1) is 0 Å². The molecule has 0 spiro atoms. The van der Waals surface area contributed by atoms with E-state index in [1.54, 1.807) is 24.3 Å². The average Bonchev–Trinajstić information content (AvgIpc) is 2.61. The summed E-state index contributed by atoms with van der Waals surface area (Å²) in [7, 11) is 0. The third-order valence-electron chi connectivity index (χ3n) is 3.98. The Morgan fingerprint density at radius 3 is 2.28 bits per heavy atom. The average molecular weight is 360 g/mol. The van der Waals surface area contributed by atoms with E-state index in [-0.39, 0.29) is 11.9 Å². The Kier molecular flexibility index (Phi) is 7.32. The van der Waals surface area contributed by atoms with Crippen LogP contribution in [0.25, 0.3) is 0 Å². The van der Waals surface area contributed by atoms with Crippen LogP contribution in [0.5, 0.6) is 5.75 Å². The van der Waals surface area contributed by atoms with Gasteiger partial charge >= 0.3 is 0 Å². The van der Waals surface area contributed by atoms with Crippen LogP contribution in [-0.2, 0) is 4.79 Å². The van der Waals surface area contributed by atoms with E-state index in [0.717, 1.165) is 12.0 Å². The largest absolute Gasteiger partial charge is 0.481 e. The van der Waals surface area contributed by atoms with Gasteiger partial charge in [-0.1, -0.05) is 62.7 Å². The number of amides is 1. The van der Waals surface area contributed by atoms with E-state index in [1.807, 2.05) is 37.3 Å². The van der Waals surface area contributed by atoms with Crippen LogP contribution in [0.15, 0.2) is 54.6 Å². The molecule has 0 saturated heterocycles. The highest BCUT2D eigenvalue weighted by molar-refractivity contribution is 6.30. The van der Waals surface area contributed by atoms with Crippen molar-refractivity contribution in [2.75, 3.05) is 0 Å². The lowest BCUT2D eigenvalue weighted by Gasteiger charge is -2.24. The highest BCUT2D eigenvalue weighted by atomic mass is 35.5. The third-order valence-corrected chi connectivity index (χ3v) is 4.23. The van der Waals surface area contributed by atoms with E-state index >= 15 is 0 Å². The summed E-state index contributed by atoms with van der Waals surface area (Å²) < 4.78 is 5.85. The van der Waals surface area contributed by atoms with Crippen molar-refractivity contribution in [2.45, 2.75) is 45.8 Å². The SMILES string of the molecule is CC[C@@H](Oc1ccc(Cl)cc1)C(=O)N[C@@H](CC(C)C)c1ccccc1. The molecule has 0 heterocycles. The molecule has 0 bridgehead atoms. The predicted octanol–water partition coefficient (Wildman–Crippen LogP) is 5.40. The molecule has 2 aromatic carbocycles. The van der Waals surface area contributed by atoms with Crippen LogP contribution in [0.3, 0.4) is 0 Å². The van der Waals surface area contributed by atoms with Crippen molar-refractivity contribution in [3.63, 3.8) is 0 Å². The van der Waals surface area contributed by atoms with E-state index in [9.17, 15) is 4.79 Å². The summed E-state index contributed by atoms with van der Waals surface area (Å²) in [6.07, 6.45) is 0.949. The molecule has 0 aliphatic heterocycles. The molecule has 1 N–H and O–H groups in total. The zero-order valence-corrected chi connectivity index (χ0v) is 15.8. The smallest absolute Gasteiger partial charge is 0.261 e. The van der Waals surface area contributed by atoms with Gasteiger partial charge in [0.05, 0.1) is 6.04 Å². The molecule has 0 fully saturated rings. The second kappa shape index (κ2) is 9.47. The van der Waals surface area contributed by atoms with Gasteiger partial charge in [0.2, 0.25) is 0 Å². The molecule has 0 saturated carbocycles. The molecule has 2 aromatic rings. The van der Waals surface area contributed by atoms with Gasteiger partial charge in [0.15, 0.2) is 6.10 Å². The van der Waals surface area contributed by atoms with Crippen LogP contribution in [-0.4, -0.2) is 12.0 Å². The minimum Gasteiger partial charge on any atom is -0.481 e. The Labute approximate surface area is 155 Å². The first-order valence-electron chi connectivity index (χ1n) is 8.77. The second-order valence-corrected chi connectivity index (χ2v) is 7.01. The van der Waals surface area contributed by atoms with Gasteiger partial charge in [0.25, 0.3) is 5.91 Å². The van der Waals surface area contributed by atoms with Crippen LogP contribution in [0.2, 0.25) is 5.02 Å². The van der Waals surface area contributed by atoms with Crippen LogP contribution >= 0.6 is 11.6 Å². The van der Waals surface area contributed by atoms with E-state index in [2.05, 4.69) is 19.2 Å². The number of rotatable bonds is 8.